The molecule has 0 aliphatic heterocycles. The van der Waals surface area contributed by atoms with Crippen LogP contribution in [0.3, 0.4) is 0 Å². The summed E-state index contributed by atoms with van der Waals surface area (Å²) in [6.45, 7) is 0.350. The third-order valence-electron chi connectivity index (χ3n) is 3.67. The Balaban J connectivity index is 1.59. The third-order valence-corrected chi connectivity index (χ3v) is 5.10. The van der Waals surface area contributed by atoms with Crippen LogP contribution in [0.15, 0.2) is 53.7 Å². The molecule has 0 bridgehead atoms. The van der Waals surface area contributed by atoms with Gasteiger partial charge in [0.25, 0.3) is 0 Å². The molecule has 1 aromatic heterocycles. The van der Waals surface area contributed by atoms with Crippen molar-refractivity contribution in [1.29, 1.82) is 0 Å². The molecule has 130 valence electrons. The van der Waals surface area contributed by atoms with E-state index < -0.39 is 0 Å². The zero-order valence-electron chi connectivity index (χ0n) is 14.0. The molecule has 0 aliphatic rings. The molecule has 0 atom stereocenters. The molecular weight excluding hydrogens is 358 g/mol. The van der Waals surface area contributed by atoms with E-state index in [9.17, 15) is 0 Å². The summed E-state index contributed by atoms with van der Waals surface area (Å²) in [6.07, 6.45) is 0. The largest absolute Gasteiger partial charge is 0.497 e. The van der Waals surface area contributed by atoms with Crippen molar-refractivity contribution < 1.29 is 9.47 Å². The quantitative estimate of drug-likeness (QED) is 0.574. The summed E-state index contributed by atoms with van der Waals surface area (Å²) >= 11 is 7.78. The van der Waals surface area contributed by atoms with Crippen LogP contribution in [-0.2, 0) is 19.4 Å². The first kappa shape index (κ1) is 17.6. The Morgan fingerprint density at radius 2 is 1.76 bits per heavy atom. The van der Waals surface area contributed by atoms with Gasteiger partial charge in [-0.25, -0.2) is 0 Å². The second kappa shape index (κ2) is 8.27. The Morgan fingerprint density at radius 3 is 2.48 bits per heavy atom. The molecule has 2 aromatic carbocycles. The van der Waals surface area contributed by atoms with Gasteiger partial charge in [0.1, 0.15) is 18.1 Å². The number of hydrogen-bond acceptors (Lipinski definition) is 5. The average molecular weight is 376 g/mol. The third kappa shape index (κ3) is 4.46. The van der Waals surface area contributed by atoms with Gasteiger partial charge < -0.3 is 14.0 Å². The lowest BCUT2D eigenvalue weighted by Crippen LogP contribution is -2.04. The second-order valence-electron chi connectivity index (χ2n) is 5.30. The molecule has 0 aliphatic carbocycles. The van der Waals surface area contributed by atoms with Crippen LogP contribution in [0.25, 0.3) is 0 Å². The molecule has 0 radical (unpaired) electrons. The van der Waals surface area contributed by atoms with Crippen molar-refractivity contribution in [3.05, 3.63) is 64.9 Å². The monoisotopic (exact) mass is 375 g/mol. The molecule has 0 fully saturated rings. The molecule has 1 heterocycles. The average Bonchev–Trinajstić information content (AvgIpc) is 2.99. The van der Waals surface area contributed by atoms with E-state index >= 15 is 0 Å². The fourth-order valence-electron chi connectivity index (χ4n) is 2.17. The number of aromatic nitrogens is 3. The lowest BCUT2D eigenvalue weighted by molar-refractivity contribution is 0.290. The van der Waals surface area contributed by atoms with Crippen LogP contribution in [-0.4, -0.2) is 21.9 Å². The molecule has 0 saturated carbocycles. The summed E-state index contributed by atoms with van der Waals surface area (Å²) in [7, 11) is 3.57. The number of thioether (sulfide) groups is 1. The summed E-state index contributed by atoms with van der Waals surface area (Å²) in [6, 6.07) is 15.2. The van der Waals surface area contributed by atoms with Crippen molar-refractivity contribution in [3.63, 3.8) is 0 Å². The van der Waals surface area contributed by atoms with Gasteiger partial charge in [-0.2, -0.15) is 0 Å². The van der Waals surface area contributed by atoms with E-state index in [0.29, 0.717) is 6.61 Å². The zero-order chi connectivity index (χ0) is 17.6. The Hall–Kier alpha value is -2.18. The number of hydrogen-bond donors (Lipinski definition) is 0. The zero-order valence-corrected chi connectivity index (χ0v) is 15.5. The number of ether oxygens (including phenoxy) is 2. The molecule has 3 aromatic rings. The highest BCUT2D eigenvalue weighted by Gasteiger charge is 2.11. The fraction of sp³-hybridized carbons (Fsp3) is 0.222. The Labute approximate surface area is 155 Å². The first-order chi connectivity index (χ1) is 12.2. The van der Waals surface area contributed by atoms with E-state index in [-0.39, 0.29) is 0 Å². The molecule has 0 saturated heterocycles. The summed E-state index contributed by atoms with van der Waals surface area (Å²) in [5.41, 5.74) is 1.08. The molecule has 0 spiro atoms. The topological polar surface area (TPSA) is 49.2 Å². The van der Waals surface area contributed by atoms with Crippen LogP contribution in [0.1, 0.15) is 11.4 Å². The number of rotatable bonds is 7. The van der Waals surface area contributed by atoms with Gasteiger partial charge in [0.2, 0.25) is 0 Å². The molecule has 0 N–H and O–H groups in total. The Kier molecular flexibility index (Phi) is 5.83. The maximum Gasteiger partial charge on any atom is 0.191 e. The SMILES string of the molecule is COc1ccc(OCc2nnc(SCc3ccccc3Cl)n2C)cc1. The van der Waals surface area contributed by atoms with E-state index in [4.69, 9.17) is 21.1 Å². The number of nitrogens with zero attached hydrogens (tertiary/aromatic N) is 3. The molecule has 3 rings (SSSR count). The highest BCUT2D eigenvalue weighted by Crippen LogP contribution is 2.25. The van der Waals surface area contributed by atoms with Crippen LogP contribution in [0.5, 0.6) is 11.5 Å². The standard InChI is InChI=1S/C18H18ClN3O2S/c1-22-17(11-24-15-9-7-14(23-2)8-10-15)20-21-18(22)25-12-13-5-3-4-6-16(13)19/h3-10H,11-12H2,1-2H3. The molecular formula is C18H18ClN3O2S. The summed E-state index contributed by atoms with van der Waals surface area (Å²) in [5.74, 6) is 3.06. The number of halogens is 1. The van der Waals surface area contributed by atoms with E-state index in [1.807, 2.05) is 60.1 Å². The molecule has 5 nitrogen and oxygen atoms in total. The van der Waals surface area contributed by atoms with Crippen molar-refractivity contribution in [2.45, 2.75) is 17.5 Å². The Bertz CT molecular complexity index is 837. The number of benzene rings is 2. The van der Waals surface area contributed by atoms with Gasteiger partial charge in [-0.1, -0.05) is 41.6 Å². The highest BCUT2D eigenvalue weighted by molar-refractivity contribution is 7.98. The van der Waals surface area contributed by atoms with Gasteiger partial charge in [-0.05, 0) is 35.9 Å². The molecule has 25 heavy (non-hydrogen) atoms. The first-order valence-corrected chi connectivity index (χ1v) is 9.05. The van der Waals surface area contributed by atoms with Gasteiger partial charge in [0.15, 0.2) is 11.0 Å². The lowest BCUT2D eigenvalue weighted by Gasteiger charge is -2.07. The summed E-state index contributed by atoms with van der Waals surface area (Å²) in [4.78, 5) is 0. The van der Waals surface area contributed by atoms with Gasteiger partial charge in [0, 0.05) is 17.8 Å². The fourth-order valence-corrected chi connectivity index (χ4v) is 3.39. The van der Waals surface area contributed by atoms with E-state index in [2.05, 4.69) is 10.2 Å². The van der Waals surface area contributed by atoms with Crippen LogP contribution in [0.4, 0.5) is 0 Å². The first-order valence-electron chi connectivity index (χ1n) is 7.68. The van der Waals surface area contributed by atoms with Gasteiger partial charge in [-0.15, -0.1) is 10.2 Å². The normalized spacial score (nSPS) is 10.7. The minimum Gasteiger partial charge on any atom is -0.497 e. The summed E-state index contributed by atoms with van der Waals surface area (Å²) < 4.78 is 12.8. The minimum absolute atomic E-state index is 0.350. The van der Waals surface area contributed by atoms with Crippen molar-refractivity contribution >= 4 is 23.4 Å². The summed E-state index contributed by atoms with van der Waals surface area (Å²) in [5, 5.41) is 10.0. The smallest absolute Gasteiger partial charge is 0.191 e. The van der Waals surface area contributed by atoms with Gasteiger partial charge >= 0.3 is 0 Å². The van der Waals surface area contributed by atoms with Crippen LogP contribution in [0, 0.1) is 0 Å². The van der Waals surface area contributed by atoms with Gasteiger partial charge in [0.05, 0.1) is 7.11 Å². The van der Waals surface area contributed by atoms with Crippen LogP contribution in [0.2, 0.25) is 5.02 Å². The van der Waals surface area contributed by atoms with Crippen molar-refractivity contribution in [1.82, 2.24) is 14.8 Å². The van der Waals surface area contributed by atoms with E-state index in [1.165, 1.54) is 0 Å². The Morgan fingerprint density at radius 1 is 1.04 bits per heavy atom. The lowest BCUT2D eigenvalue weighted by atomic mass is 10.2. The van der Waals surface area contributed by atoms with Crippen molar-refractivity contribution in [2.75, 3.05) is 7.11 Å². The van der Waals surface area contributed by atoms with Crippen LogP contribution >= 0.6 is 23.4 Å². The number of methoxy groups -OCH3 is 1. The van der Waals surface area contributed by atoms with Crippen molar-refractivity contribution in [2.24, 2.45) is 7.05 Å². The molecule has 7 heteroatoms. The van der Waals surface area contributed by atoms with E-state index in [1.54, 1.807) is 18.9 Å². The molecule has 0 amide bonds. The highest BCUT2D eigenvalue weighted by atomic mass is 35.5. The van der Waals surface area contributed by atoms with Crippen molar-refractivity contribution in [3.8, 4) is 11.5 Å². The second-order valence-corrected chi connectivity index (χ2v) is 6.65. The van der Waals surface area contributed by atoms with Gasteiger partial charge in [-0.3, -0.25) is 0 Å². The minimum atomic E-state index is 0.350. The predicted octanol–water partition coefficient (Wildman–Crippen LogP) is 4.35. The molecule has 0 unspecified atom stereocenters. The maximum absolute atomic E-state index is 6.19. The van der Waals surface area contributed by atoms with Crippen LogP contribution < -0.4 is 9.47 Å². The maximum atomic E-state index is 6.19. The van der Waals surface area contributed by atoms with E-state index in [0.717, 1.165) is 38.8 Å². The predicted molar refractivity (Wildman–Crippen MR) is 99.3 cm³/mol.